The van der Waals surface area contributed by atoms with Crippen LogP contribution in [0.25, 0.3) is 0 Å². The summed E-state index contributed by atoms with van der Waals surface area (Å²) in [5.41, 5.74) is 1.18. The number of benzene rings is 1. The molecule has 0 spiro atoms. The highest BCUT2D eigenvalue weighted by Gasteiger charge is 2.21. The van der Waals surface area contributed by atoms with Crippen LogP contribution in [0, 0.1) is 0 Å². The molecule has 2 aromatic rings. The molecule has 1 aliphatic rings. The number of nitrogens with zero attached hydrogens (tertiary/aromatic N) is 4. The molecule has 1 aliphatic heterocycles. The number of rotatable bonds is 6. The molecular weight excluding hydrogens is 292 g/mol. The Hall–Kier alpha value is -2.08. The first-order chi connectivity index (χ1) is 11.3. The summed E-state index contributed by atoms with van der Waals surface area (Å²) in [4.78, 5) is 4.74. The second kappa shape index (κ2) is 7.46. The molecule has 0 radical (unpaired) electrons. The van der Waals surface area contributed by atoms with Crippen LogP contribution in [0.15, 0.2) is 28.7 Å². The smallest absolute Gasteiger partial charge is 0.230 e. The number of aryl methyl sites for hydroxylation is 1. The van der Waals surface area contributed by atoms with Crippen LogP contribution < -0.4 is 9.64 Å². The van der Waals surface area contributed by atoms with Gasteiger partial charge in [0.15, 0.2) is 0 Å². The van der Waals surface area contributed by atoms with Gasteiger partial charge in [0, 0.05) is 32.6 Å². The molecule has 1 saturated heterocycles. The Bertz CT molecular complexity index is 621. The molecular formula is C17H24N4O2. The standard InChI is InChI=1S/C17H24N4O2/c1-3-16-18-19-17(23-16)13-20-9-11-21(12-10-20)14-7-5-6-8-15(14)22-4-2/h5-8H,3-4,9-13H2,1-2H3. The fourth-order valence-electron chi connectivity index (χ4n) is 2.83. The quantitative estimate of drug-likeness (QED) is 0.815. The summed E-state index contributed by atoms with van der Waals surface area (Å²) in [6.07, 6.45) is 0.787. The van der Waals surface area contributed by atoms with E-state index in [0.717, 1.165) is 44.9 Å². The topological polar surface area (TPSA) is 54.6 Å². The van der Waals surface area contributed by atoms with Crippen LogP contribution in [-0.2, 0) is 13.0 Å². The third-order valence-corrected chi connectivity index (χ3v) is 4.05. The van der Waals surface area contributed by atoms with E-state index in [-0.39, 0.29) is 0 Å². The summed E-state index contributed by atoms with van der Waals surface area (Å²) in [7, 11) is 0. The number of para-hydroxylation sites is 2. The van der Waals surface area contributed by atoms with Crippen molar-refractivity contribution in [1.29, 1.82) is 0 Å². The van der Waals surface area contributed by atoms with Crippen molar-refractivity contribution in [2.75, 3.05) is 37.7 Å². The first-order valence-electron chi connectivity index (χ1n) is 8.30. The molecule has 2 heterocycles. The molecule has 0 unspecified atom stereocenters. The second-order valence-corrected chi connectivity index (χ2v) is 5.61. The highest BCUT2D eigenvalue weighted by atomic mass is 16.5. The van der Waals surface area contributed by atoms with Gasteiger partial charge in [0.25, 0.3) is 0 Å². The van der Waals surface area contributed by atoms with E-state index < -0.39 is 0 Å². The van der Waals surface area contributed by atoms with Gasteiger partial charge in [-0.25, -0.2) is 0 Å². The molecule has 124 valence electrons. The van der Waals surface area contributed by atoms with Crippen molar-refractivity contribution in [3.05, 3.63) is 36.0 Å². The Labute approximate surface area is 137 Å². The van der Waals surface area contributed by atoms with Crippen LogP contribution in [0.4, 0.5) is 5.69 Å². The van der Waals surface area contributed by atoms with Crippen molar-refractivity contribution in [2.24, 2.45) is 0 Å². The normalized spacial score (nSPS) is 15.8. The molecule has 1 aromatic carbocycles. The lowest BCUT2D eigenvalue weighted by Gasteiger charge is -2.36. The maximum Gasteiger partial charge on any atom is 0.230 e. The van der Waals surface area contributed by atoms with Gasteiger partial charge < -0.3 is 14.1 Å². The minimum absolute atomic E-state index is 0.688. The number of anilines is 1. The maximum absolute atomic E-state index is 5.74. The van der Waals surface area contributed by atoms with Gasteiger partial charge in [0.05, 0.1) is 18.8 Å². The maximum atomic E-state index is 5.74. The summed E-state index contributed by atoms with van der Waals surface area (Å²) in [6, 6.07) is 8.25. The van der Waals surface area contributed by atoms with Crippen molar-refractivity contribution in [2.45, 2.75) is 26.8 Å². The minimum Gasteiger partial charge on any atom is -0.492 e. The fraction of sp³-hybridized carbons (Fsp3) is 0.529. The molecule has 6 heteroatoms. The molecule has 0 N–H and O–H groups in total. The van der Waals surface area contributed by atoms with Crippen LogP contribution in [0.1, 0.15) is 25.6 Å². The van der Waals surface area contributed by atoms with Gasteiger partial charge in [0.2, 0.25) is 11.8 Å². The van der Waals surface area contributed by atoms with Gasteiger partial charge in [-0.05, 0) is 19.1 Å². The van der Waals surface area contributed by atoms with Crippen LogP contribution >= 0.6 is 0 Å². The summed E-state index contributed by atoms with van der Waals surface area (Å²) in [6.45, 7) is 9.35. The van der Waals surface area contributed by atoms with Crippen LogP contribution in [0.5, 0.6) is 5.75 Å². The van der Waals surface area contributed by atoms with Gasteiger partial charge in [-0.2, -0.15) is 0 Å². The number of hydrogen-bond donors (Lipinski definition) is 0. The lowest BCUT2D eigenvalue weighted by Crippen LogP contribution is -2.46. The number of piperazine rings is 1. The van der Waals surface area contributed by atoms with Crippen molar-refractivity contribution in [1.82, 2.24) is 15.1 Å². The SMILES string of the molecule is CCOc1ccccc1N1CCN(Cc2nnc(CC)o2)CC1. The molecule has 23 heavy (non-hydrogen) atoms. The Morgan fingerprint density at radius 1 is 1.04 bits per heavy atom. The predicted octanol–water partition coefficient (Wildman–Crippen LogP) is 2.35. The van der Waals surface area contributed by atoms with E-state index in [0.29, 0.717) is 18.4 Å². The van der Waals surface area contributed by atoms with Gasteiger partial charge in [-0.15, -0.1) is 10.2 Å². The third kappa shape index (κ3) is 3.82. The van der Waals surface area contributed by atoms with E-state index in [9.17, 15) is 0 Å². The van der Waals surface area contributed by atoms with Gasteiger partial charge >= 0.3 is 0 Å². The molecule has 3 rings (SSSR count). The Kier molecular flexibility index (Phi) is 5.12. The van der Waals surface area contributed by atoms with E-state index in [1.807, 2.05) is 26.0 Å². The first-order valence-corrected chi connectivity index (χ1v) is 8.30. The third-order valence-electron chi connectivity index (χ3n) is 4.05. The van der Waals surface area contributed by atoms with E-state index in [2.05, 4.69) is 32.1 Å². The summed E-state index contributed by atoms with van der Waals surface area (Å²) < 4.78 is 11.3. The van der Waals surface area contributed by atoms with Crippen molar-refractivity contribution in [3.63, 3.8) is 0 Å². The number of ether oxygens (including phenoxy) is 1. The summed E-state index contributed by atoms with van der Waals surface area (Å²) in [5.74, 6) is 2.39. The number of hydrogen-bond acceptors (Lipinski definition) is 6. The monoisotopic (exact) mass is 316 g/mol. The zero-order valence-corrected chi connectivity index (χ0v) is 13.9. The van der Waals surface area contributed by atoms with Crippen molar-refractivity contribution < 1.29 is 9.15 Å². The predicted molar refractivity (Wildman–Crippen MR) is 88.8 cm³/mol. The lowest BCUT2D eigenvalue weighted by molar-refractivity contribution is 0.223. The minimum atomic E-state index is 0.688. The van der Waals surface area contributed by atoms with E-state index in [1.54, 1.807) is 0 Å². The highest BCUT2D eigenvalue weighted by molar-refractivity contribution is 5.58. The molecule has 6 nitrogen and oxygen atoms in total. The number of aromatic nitrogens is 2. The van der Waals surface area contributed by atoms with Crippen molar-refractivity contribution >= 4 is 5.69 Å². The zero-order valence-electron chi connectivity index (χ0n) is 13.9. The molecule has 1 aromatic heterocycles. The Morgan fingerprint density at radius 3 is 2.48 bits per heavy atom. The average Bonchev–Trinajstić information content (AvgIpc) is 3.04. The van der Waals surface area contributed by atoms with Crippen molar-refractivity contribution in [3.8, 4) is 5.75 Å². The fourth-order valence-corrected chi connectivity index (χ4v) is 2.83. The van der Waals surface area contributed by atoms with E-state index in [1.165, 1.54) is 5.69 Å². The molecule has 0 atom stereocenters. The first kappa shape index (κ1) is 15.8. The molecule has 0 bridgehead atoms. The molecule has 0 amide bonds. The largest absolute Gasteiger partial charge is 0.492 e. The van der Waals surface area contributed by atoms with Gasteiger partial charge in [-0.3, -0.25) is 4.90 Å². The molecule has 0 aliphatic carbocycles. The van der Waals surface area contributed by atoms with Crippen LogP contribution in [0.2, 0.25) is 0 Å². The van der Waals surface area contributed by atoms with Gasteiger partial charge in [0.1, 0.15) is 5.75 Å². The lowest BCUT2D eigenvalue weighted by atomic mass is 10.2. The summed E-state index contributed by atoms with van der Waals surface area (Å²) in [5, 5.41) is 8.13. The van der Waals surface area contributed by atoms with E-state index >= 15 is 0 Å². The second-order valence-electron chi connectivity index (χ2n) is 5.61. The Balaban J connectivity index is 1.58. The summed E-state index contributed by atoms with van der Waals surface area (Å²) >= 11 is 0. The molecule has 0 saturated carbocycles. The average molecular weight is 316 g/mol. The Morgan fingerprint density at radius 2 is 1.78 bits per heavy atom. The van der Waals surface area contributed by atoms with Crippen LogP contribution in [-0.4, -0.2) is 47.9 Å². The zero-order chi connectivity index (χ0) is 16.1. The highest BCUT2D eigenvalue weighted by Crippen LogP contribution is 2.28. The van der Waals surface area contributed by atoms with Gasteiger partial charge in [-0.1, -0.05) is 19.1 Å². The van der Waals surface area contributed by atoms with E-state index in [4.69, 9.17) is 9.15 Å². The molecule has 1 fully saturated rings. The van der Waals surface area contributed by atoms with Crippen LogP contribution in [0.3, 0.4) is 0 Å².